The molecule has 0 N–H and O–H groups in total. The smallest absolute Gasteiger partial charge is 0.159 e. The Bertz CT molecular complexity index is 583. The molecule has 0 radical (unpaired) electrons. The lowest BCUT2D eigenvalue weighted by Crippen LogP contribution is -2.44. The van der Waals surface area contributed by atoms with Crippen molar-refractivity contribution < 1.29 is 4.74 Å². The van der Waals surface area contributed by atoms with Crippen molar-refractivity contribution in [2.45, 2.75) is 19.9 Å². The van der Waals surface area contributed by atoms with Gasteiger partial charge < -0.3 is 9.64 Å². The lowest BCUT2D eigenvalue weighted by Gasteiger charge is -2.35. The van der Waals surface area contributed by atoms with E-state index < -0.39 is 0 Å². The number of aryl methyl sites for hydroxylation is 1. The van der Waals surface area contributed by atoms with Gasteiger partial charge in [0.2, 0.25) is 0 Å². The van der Waals surface area contributed by atoms with Crippen LogP contribution in [0.25, 0.3) is 5.65 Å². The quantitative estimate of drug-likeness (QED) is 0.740. The fourth-order valence-electron chi connectivity index (χ4n) is 2.39. The lowest BCUT2D eigenvalue weighted by atomic mass is 10.2. The molecule has 18 heavy (non-hydrogen) atoms. The lowest BCUT2D eigenvalue weighted by molar-refractivity contribution is 0.0984. The van der Waals surface area contributed by atoms with Crippen LogP contribution in [0.15, 0.2) is 12.3 Å². The number of halogens is 1. The molecule has 1 atom stereocenters. The van der Waals surface area contributed by atoms with Crippen molar-refractivity contribution in [1.82, 2.24) is 14.4 Å². The van der Waals surface area contributed by atoms with Crippen molar-refractivity contribution >= 4 is 23.1 Å². The number of fused-ring (bicyclic) bond motifs is 1. The van der Waals surface area contributed by atoms with Crippen LogP contribution in [0.3, 0.4) is 0 Å². The maximum atomic E-state index is 6.09. The molecule has 2 aromatic rings. The summed E-state index contributed by atoms with van der Waals surface area (Å²) in [5, 5.41) is 0.496. The summed E-state index contributed by atoms with van der Waals surface area (Å²) in [5.74, 6) is 1.96. The normalized spacial score (nSPS) is 20.6. The molecule has 0 unspecified atom stereocenters. The van der Waals surface area contributed by atoms with E-state index >= 15 is 0 Å². The van der Waals surface area contributed by atoms with E-state index in [1.165, 1.54) is 0 Å². The average Bonchev–Trinajstić information content (AvgIpc) is 2.71. The molecule has 0 spiro atoms. The molecule has 96 valence electrons. The van der Waals surface area contributed by atoms with Gasteiger partial charge in [0.25, 0.3) is 0 Å². The number of anilines is 1. The summed E-state index contributed by atoms with van der Waals surface area (Å²) in [5.41, 5.74) is 0.786. The number of hydrogen-bond acceptors (Lipinski definition) is 4. The minimum absolute atomic E-state index is 0.321. The molecular formula is C12H15ClN4O. The molecule has 5 nitrogen and oxygen atoms in total. The standard InChI is InChI=1S/C12H15ClN4O/c1-8-7-18-4-3-16(8)12-5-10(13)15-11-6-14-9(2)17(11)12/h5-6,8H,3-4,7H2,1-2H3/t8-/m1/s1. The van der Waals surface area contributed by atoms with Crippen LogP contribution < -0.4 is 4.90 Å². The van der Waals surface area contributed by atoms with E-state index in [9.17, 15) is 0 Å². The topological polar surface area (TPSA) is 42.7 Å². The van der Waals surface area contributed by atoms with Gasteiger partial charge in [-0.25, -0.2) is 9.97 Å². The first-order valence-electron chi connectivity index (χ1n) is 6.02. The Kier molecular flexibility index (Phi) is 2.87. The molecule has 1 aliphatic heterocycles. The van der Waals surface area contributed by atoms with Gasteiger partial charge in [0.1, 0.15) is 16.8 Å². The number of rotatable bonds is 1. The van der Waals surface area contributed by atoms with Crippen LogP contribution in [0, 0.1) is 6.92 Å². The number of imidazole rings is 1. The fraction of sp³-hybridized carbons (Fsp3) is 0.500. The van der Waals surface area contributed by atoms with Crippen molar-refractivity contribution in [3.05, 3.63) is 23.2 Å². The van der Waals surface area contributed by atoms with Crippen molar-refractivity contribution in [2.24, 2.45) is 0 Å². The number of morpholine rings is 1. The number of hydrogen-bond donors (Lipinski definition) is 0. The van der Waals surface area contributed by atoms with E-state index in [1.807, 2.05) is 17.4 Å². The zero-order chi connectivity index (χ0) is 12.7. The van der Waals surface area contributed by atoms with Gasteiger partial charge in [-0.1, -0.05) is 11.6 Å². The van der Waals surface area contributed by atoms with Crippen LogP contribution in [0.5, 0.6) is 0 Å². The maximum Gasteiger partial charge on any atom is 0.159 e. The molecule has 3 heterocycles. The first-order valence-corrected chi connectivity index (χ1v) is 6.39. The van der Waals surface area contributed by atoms with E-state index in [2.05, 4.69) is 21.8 Å². The first-order chi connectivity index (χ1) is 8.66. The largest absolute Gasteiger partial charge is 0.377 e. The van der Waals surface area contributed by atoms with Crippen LogP contribution in [0.4, 0.5) is 5.82 Å². The van der Waals surface area contributed by atoms with Crippen LogP contribution >= 0.6 is 11.6 Å². The molecule has 0 aromatic carbocycles. The van der Waals surface area contributed by atoms with E-state index in [0.29, 0.717) is 11.2 Å². The monoisotopic (exact) mass is 266 g/mol. The third kappa shape index (κ3) is 1.83. The van der Waals surface area contributed by atoms with E-state index in [4.69, 9.17) is 16.3 Å². The van der Waals surface area contributed by atoms with Gasteiger partial charge >= 0.3 is 0 Å². The average molecular weight is 267 g/mol. The fourth-order valence-corrected chi connectivity index (χ4v) is 2.57. The summed E-state index contributed by atoms with van der Waals surface area (Å²) >= 11 is 6.09. The van der Waals surface area contributed by atoms with Gasteiger partial charge in [0.15, 0.2) is 5.65 Å². The highest BCUT2D eigenvalue weighted by Gasteiger charge is 2.22. The first kappa shape index (κ1) is 11.7. The van der Waals surface area contributed by atoms with Crippen LogP contribution in [-0.2, 0) is 4.74 Å². The summed E-state index contributed by atoms with van der Waals surface area (Å²) in [7, 11) is 0. The summed E-state index contributed by atoms with van der Waals surface area (Å²) in [4.78, 5) is 10.9. The molecule has 6 heteroatoms. The second-order valence-electron chi connectivity index (χ2n) is 4.55. The number of ether oxygens (including phenoxy) is 1. The van der Waals surface area contributed by atoms with Gasteiger partial charge in [-0.05, 0) is 13.8 Å². The minimum Gasteiger partial charge on any atom is -0.377 e. The predicted molar refractivity (Wildman–Crippen MR) is 70.4 cm³/mol. The second-order valence-corrected chi connectivity index (χ2v) is 4.94. The van der Waals surface area contributed by atoms with Crippen molar-refractivity contribution in [3.8, 4) is 0 Å². The van der Waals surface area contributed by atoms with Crippen LogP contribution in [0.2, 0.25) is 5.15 Å². The SMILES string of the molecule is Cc1ncc2nc(Cl)cc(N3CCOC[C@H]3C)n12. The Morgan fingerprint density at radius 1 is 1.50 bits per heavy atom. The maximum absolute atomic E-state index is 6.09. The molecular weight excluding hydrogens is 252 g/mol. The predicted octanol–water partition coefficient (Wildman–Crippen LogP) is 1.92. The van der Waals surface area contributed by atoms with E-state index in [1.54, 1.807) is 6.20 Å². The van der Waals surface area contributed by atoms with E-state index in [0.717, 1.165) is 37.0 Å². The molecule has 1 saturated heterocycles. The molecule has 0 bridgehead atoms. The summed E-state index contributed by atoms with van der Waals surface area (Å²) in [6, 6.07) is 2.22. The van der Waals surface area contributed by atoms with E-state index in [-0.39, 0.29) is 0 Å². The third-order valence-corrected chi connectivity index (χ3v) is 3.47. The highest BCUT2D eigenvalue weighted by molar-refractivity contribution is 6.29. The molecule has 3 rings (SSSR count). The van der Waals surface area contributed by atoms with Gasteiger partial charge in [-0.2, -0.15) is 0 Å². The van der Waals surface area contributed by atoms with Gasteiger partial charge in [0, 0.05) is 12.6 Å². The minimum atomic E-state index is 0.321. The summed E-state index contributed by atoms with van der Waals surface area (Å²) in [6.07, 6.45) is 1.75. The van der Waals surface area contributed by atoms with Crippen molar-refractivity contribution in [3.63, 3.8) is 0 Å². The highest BCUT2D eigenvalue weighted by Crippen LogP contribution is 2.24. The third-order valence-electron chi connectivity index (χ3n) is 3.28. The summed E-state index contributed by atoms with van der Waals surface area (Å²) < 4.78 is 7.51. The Hall–Kier alpha value is -1.33. The van der Waals surface area contributed by atoms with Gasteiger partial charge in [-0.3, -0.25) is 4.40 Å². The molecule has 0 amide bonds. The molecule has 1 fully saturated rings. The van der Waals surface area contributed by atoms with Crippen LogP contribution in [-0.4, -0.2) is 40.2 Å². The number of nitrogens with zero attached hydrogens (tertiary/aromatic N) is 4. The Morgan fingerprint density at radius 3 is 3.11 bits per heavy atom. The zero-order valence-corrected chi connectivity index (χ0v) is 11.2. The van der Waals surface area contributed by atoms with Crippen LogP contribution in [0.1, 0.15) is 12.7 Å². The van der Waals surface area contributed by atoms with Gasteiger partial charge in [0.05, 0.1) is 25.5 Å². The molecule has 0 aliphatic carbocycles. The Balaban J connectivity index is 2.17. The highest BCUT2D eigenvalue weighted by atomic mass is 35.5. The summed E-state index contributed by atoms with van der Waals surface area (Å²) in [6.45, 7) is 6.44. The zero-order valence-electron chi connectivity index (χ0n) is 10.4. The Morgan fingerprint density at radius 2 is 2.33 bits per heavy atom. The molecule has 1 aliphatic rings. The Labute approximate surface area is 110 Å². The number of aromatic nitrogens is 3. The van der Waals surface area contributed by atoms with Gasteiger partial charge in [-0.15, -0.1) is 0 Å². The molecule has 2 aromatic heterocycles. The molecule has 0 saturated carbocycles. The van der Waals surface area contributed by atoms with Crippen molar-refractivity contribution in [1.29, 1.82) is 0 Å². The second kappa shape index (κ2) is 4.40. The van der Waals surface area contributed by atoms with Crippen molar-refractivity contribution in [2.75, 3.05) is 24.7 Å².